The van der Waals surface area contributed by atoms with Gasteiger partial charge in [-0.05, 0) is 6.92 Å². The summed E-state index contributed by atoms with van der Waals surface area (Å²) in [5, 5.41) is 15.8. The Kier molecular flexibility index (Phi) is 11.0. The Balaban J connectivity index is 0. The number of rotatable bonds is 6. The number of aliphatic imine (C=N–C) groups is 1. The van der Waals surface area contributed by atoms with E-state index in [4.69, 9.17) is 10.2 Å². The third-order valence-corrected chi connectivity index (χ3v) is 1.24. The van der Waals surface area contributed by atoms with Crippen molar-refractivity contribution in [1.29, 1.82) is 0 Å². The number of isocyanates is 1. The van der Waals surface area contributed by atoms with Crippen molar-refractivity contribution >= 4 is 24.0 Å². The molecule has 0 radical (unpaired) electrons. The van der Waals surface area contributed by atoms with Crippen LogP contribution in [0.1, 0.15) is 19.8 Å². The molecule has 8 nitrogen and oxygen atoms in total. The Morgan fingerprint density at radius 1 is 1.33 bits per heavy atom. The Bertz CT molecular complexity index is 343. The maximum atomic E-state index is 10.4. The molecular formula is C10H13NO7. The molecule has 8 heteroatoms. The Morgan fingerprint density at radius 3 is 2.06 bits per heavy atom. The average Bonchev–Trinajstić information content (AvgIpc) is 2.27. The molecule has 0 spiro atoms. The minimum atomic E-state index is -1.08. The second-order valence-corrected chi connectivity index (χ2v) is 2.75. The predicted octanol–water partition coefficient (Wildman–Crippen LogP) is 0.333. The second kappa shape index (κ2) is 11.0. The number of hydrogen-bond donors (Lipinski definition) is 2. The predicted molar refractivity (Wildman–Crippen MR) is 58.4 cm³/mol. The molecule has 0 rings (SSSR count). The fourth-order valence-electron chi connectivity index (χ4n) is 0.531. The van der Waals surface area contributed by atoms with E-state index in [0.717, 1.165) is 6.08 Å². The van der Waals surface area contributed by atoms with Gasteiger partial charge in [0.1, 0.15) is 0 Å². The van der Waals surface area contributed by atoms with E-state index in [-0.39, 0.29) is 12.8 Å². The third kappa shape index (κ3) is 16.0. The minimum absolute atomic E-state index is 0.296. The van der Waals surface area contributed by atoms with E-state index in [1.807, 2.05) is 0 Å². The van der Waals surface area contributed by atoms with Crippen LogP contribution in [-0.2, 0) is 23.9 Å². The molecule has 0 amide bonds. The van der Waals surface area contributed by atoms with Gasteiger partial charge in [0, 0.05) is 6.08 Å². The van der Waals surface area contributed by atoms with Crippen molar-refractivity contribution in [2.45, 2.75) is 26.0 Å². The van der Waals surface area contributed by atoms with E-state index in [9.17, 15) is 19.2 Å². The lowest BCUT2D eigenvalue weighted by atomic mass is 10.3. The average molecular weight is 259 g/mol. The SMILES string of the molecule is C=CC(=O)OC(C)N=C=O.O=C(O)CCC(=O)O. The number of ether oxygens (including phenoxy) is 1. The van der Waals surface area contributed by atoms with Crippen molar-refractivity contribution in [2.24, 2.45) is 4.99 Å². The number of carbonyl (C=O) groups is 3. The first-order chi connectivity index (χ1) is 8.33. The molecule has 0 fully saturated rings. The van der Waals surface area contributed by atoms with Gasteiger partial charge in [0.2, 0.25) is 12.3 Å². The maximum absolute atomic E-state index is 10.4. The quantitative estimate of drug-likeness (QED) is 0.304. The van der Waals surface area contributed by atoms with Crippen molar-refractivity contribution in [3.8, 4) is 0 Å². The van der Waals surface area contributed by atoms with Crippen LogP contribution < -0.4 is 0 Å². The summed E-state index contributed by atoms with van der Waals surface area (Å²) >= 11 is 0. The topological polar surface area (TPSA) is 130 Å². The number of carboxylic acids is 2. The zero-order valence-electron chi connectivity index (χ0n) is 9.66. The van der Waals surface area contributed by atoms with Gasteiger partial charge >= 0.3 is 17.9 Å². The van der Waals surface area contributed by atoms with Gasteiger partial charge < -0.3 is 14.9 Å². The molecular weight excluding hydrogens is 246 g/mol. The van der Waals surface area contributed by atoms with E-state index < -0.39 is 24.1 Å². The van der Waals surface area contributed by atoms with Crippen LogP contribution in [0.5, 0.6) is 0 Å². The minimum Gasteiger partial charge on any atom is -0.481 e. The highest BCUT2D eigenvalue weighted by molar-refractivity contribution is 5.81. The zero-order chi connectivity index (χ0) is 14.6. The van der Waals surface area contributed by atoms with Crippen LogP contribution in [0.25, 0.3) is 0 Å². The van der Waals surface area contributed by atoms with Crippen LogP contribution in [0.4, 0.5) is 0 Å². The largest absolute Gasteiger partial charge is 0.481 e. The van der Waals surface area contributed by atoms with E-state index >= 15 is 0 Å². The van der Waals surface area contributed by atoms with Gasteiger partial charge in [0.05, 0.1) is 12.8 Å². The lowest BCUT2D eigenvalue weighted by molar-refractivity contribution is -0.143. The van der Waals surface area contributed by atoms with E-state index in [1.54, 1.807) is 0 Å². The van der Waals surface area contributed by atoms with Crippen molar-refractivity contribution in [2.75, 3.05) is 0 Å². The van der Waals surface area contributed by atoms with E-state index in [1.165, 1.54) is 13.0 Å². The first kappa shape index (κ1) is 17.9. The van der Waals surface area contributed by atoms with Gasteiger partial charge in [-0.2, -0.15) is 4.99 Å². The summed E-state index contributed by atoms with van der Waals surface area (Å²) in [6.07, 6.45) is 0.890. The molecule has 0 saturated carbocycles. The summed E-state index contributed by atoms with van der Waals surface area (Å²) in [4.78, 5) is 42.3. The van der Waals surface area contributed by atoms with Crippen molar-refractivity contribution in [3.05, 3.63) is 12.7 Å². The van der Waals surface area contributed by atoms with E-state index in [0.29, 0.717) is 0 Å². The normalized spacial score (nSPS) is 9.83. The van der Waals surface area contributed by atoms with Crippen LogP contribution in [0.15, 0.2) is 17.6 Å². The molecule has 2 N–H and O–H groups in total. The molecule has 0 heterocycles. The zero-order valence-corrected chi connectivity index (χ0v) is 9.66. The van der Waals surface area contributed by atoms with Gasteiger partial charge in [-0.15, -0.1) is 0 Å². The fraction of sp³-hybridized carbons (Fsp3) is 0.400. The summed E-state index contributed by atoms with van der Waals surface area (Å²) in [5.41, 5.74) is 0. The van der Waals surface area contributed by atoms with E-state index in [2.05, 4.69) is 16.3 Å². The molecule has 0 bridgehead atoms. The highest BCUT2D eigenvalue weighted by Crippen LogP contribution is 1.91. The van der Waals surface area contributed by atoms with Crippen LogP contribution in [-0.4, -0.2) is 40.4 Å². The number of carboxylic acid groups (broad SMARTS) is 2. The Hall–Kier alpha value is -2.47. The molecule has 0 aromatic rings. The molecule has 0 aromatic carbocycles. The van der Waals surface area contributed by atoms with Gasteiger partial charge in [-0.25, -0.2) is 9.59 Å². The molecule has 18 heavy (non-hydrogen) atoms. The summed E-state index contributed by atoms with van der Waals surface area (Å²) in [6.45, 7) is 4.61. The van der Waals surface area contributed by atoms with Gasteiger partial charge in [0.15, 0.2) is 0 Å². The van der Waals surface area contributed by atoms with Crippen LogP contribution in [0, 0.1) is 0 Å². The number of esters is 1. The highest BCUT2D eigenvalue weighted by Gasteiger charge is 2.01. The molecule has 1 unspecified atom stereocenters. The van der Waals surface area contributed by atoms with Crippen LogP contribution >= 0.6 is 0 Å². The lowest BCUT2D eigenvalue weighted by Gasteiger charge is -2.01. The summed E-state index contributed by atoms with van der Waals surface area (Å²) in [6, 6.07) is 0. The smallest absolute Gasteiger partial charge is 0.332 e. The summed E-state index contributed by atoms with van der Waals surface area (Å²) in [7, 11) is 0. The molecule has 0 aromatic heterocycles. The van der Waals surface area contributed by atoms with Crippen molar-refractivity contribution in [1.82, 2.24) is 0 Å². The summed E-state index contributed by atoms with van der Waals surface area (Å²) < 4.78 is 4.45. The van der Waals surface area contributed by atoms with Crippen molar-refractivity contribution in [3.63, 3.8) is 0 Å². The Labute approximate surface area is 103 Å². The molecule has 0 aliphatic carbocycles. The Morgan fingerprint density at radius 2 is 1.78 bits per heavy atom. The first-order valence-corrected chi connectivity index (χ1v) is 4.67. The van der Waals surface area contributed by atoms with Gasteiger partial charge in [-0.1, -0.05) is 6.58 Å². The number of carbonyl (C=O) groups excluding carboxylic acids is 2. The number of hydrogen-bond acceptors (Lipinski definition) is 6. The highest BCUT2D eigenvalue weighted by atomic mass is 16.6. The van der Waals surface area contributed by atoms with Crippen molar-refractivity contribution < 1.29 is 34.1 Å². The van der Waals surface area contributed by atoms with Gasteiger partial charge in [-0.3, -0.25) is 9.59 Å². The third-order valence-electron chi connectivity index (χ3n) is 1.24. The van der Waals surface area contributed by atoms with Crippen LogP contribution in [0.3, 0.4) is 0 Å². The molecule has 1 atom stereocenters. The lowest BCUT2D eigenvalue weighted by Crippen LogP contribution is -2.09. The van der Waals surface area contributed by atoms with Gasteiger partial charge in [0.25, 0.3) is 0 Å². The van der Waals surface area contributed by atoms with Crippen LogP contribution in [0.2, 0.25) is 0 Å². The molecule has 100 valence electrons. The summed E-state index contributed by atoms with van der Waals surface area (Å²) in [5.74, 6) is -2.76. The molecule has 0 aliphatic heterocycles. The maximum Gasteiger partial charge on any atom is 0.332 e. The second-order valence-electron chi connectivity index (χ2n) is 2.75. The molecule has 0 saturated heterocycles. The number of nitrogens with zero attached hydrogens (tertiary/aromatic N) is 1. The first-order valence-electron chi connectivity index (χ1n) is 4.67. The monoisotopic (exact) mass is 259 g/mol. The standard InChI is InChI=1S/C6H7NO3.C4H6O4/c1-3-6(9)10-5(2)7-4-8;5-3(6)1-2-4(7)8/h3,5H,1H2,2H3;1-2H2,(H,5,6)(H,7,8). The fourth-order valence-corrected chi connectivity index (χ4v) is 0.531. The number of aliphatic carboxylic acids is 2. The molecule has 0 aliphatic rings.